The molecule has 0 aliphatic carbocycles. The fraction of sp³-hybridized carbons (Fsp3) is 1.00. The van der Waals surface area contributed by atoms with Crippen molar-refractivity contribution >= 4 is 0 Å². The van der Waals surface area contributed by atoms with E-state index in [1.165, 1.54) is 0 Å². The van der Waals surface area contributed by atoms with E-state index < -0.39 is 0 Å². The van der Waals surface area contributed by atoms with E-state index in [9.17, 15) is 0 Å². The largest absolute Gasteiger partial charge is 0.381 e. The molecule has 0 aromatic heterocycles. The third-order valence-electron chi connectivity index (χ3n) is 1.69. The third kappa shape index (κ3) is 7.98. The molecule has 0 saturated heterocycles. The zero-order valence-electron chi connectivity index (χ0n) is 8.38. The van der Waals surface area contributed by atoms with E-state index in [4.69, 9.17) is 10.5 Å². The summed E-state index contributed by atoms with van der Waals surface area (Å²) in [5.41, 5.74) is 5.41. The molecule has 0 aliphatic heterocycles. The first-order valence-corrected chi connectivity index (χ1v) is 4.77. The van der Waals surface area contributed by atoms with Crippen LogP contribution in [-0.2, 0) is 4.74 Å². The maximum absolute atomic E-state index is 5.41. The summed E-state index contributed by atoms with van der Waals surface area (Å²) < 4.78 is 5.35. The van der Waals surface area contributed by atoms with Crippen molar-refractivity contribution in [3.63, 3.8) is 0 Å². The number of hydrogen-bond acceptors (Lipinski definition) is 3. The van der Waals surface area contributed by atoms with E-state index in [-0.39, 0.29) is 0 Å². The molecule has 0 radical (unpaired) electrons. The lowest BCUT2D eigenvalue weighted by molar-refractivity contribution is 0.124. The zero-order chi connectivity index (χ0) is 9.23. The Hall–Kier alpha value is -0.120. The molecular weight excluding hydrogens is 152 g/mol. The van der Waals surface area contributed by atoms with E-state index >= 15 is 0 Å². The molecule has 0 aromatic carbocycles. The first-order chi connectivity index (χ1) is 5.81. The van der Waals surface area contributed by atoms with Gasteiger partial charge in [-0.05, 0) is 19.9 Å². The third-order valence-corrected chi connectivity index (χ3v) is 1.69. The topological polar surface area (TPSA) is 38.5 Å². The Morgan fingerprint density at radius 1 is 1.25 bits per heavy atom. The molecule has 0 amide bonds. The summed E-state index contributed by atoms with van der Waals surface area (Å²) in [6.07, 6.45) is 2.22. The van der Waals surface area contributed by atoms with Crippen LogP contribution < -0.4 is 5.73 Å². The van der Waals surface area contributed by atoms with Crippen molar-refractivity contribution in [2.45, 2.75) is 19.8 Å². The zero-order valence-corrected chi connectivity index (χ0v) is 8.38. The highest BCUT2D eigenvalue weighted by Gasteiger charge is 1.95. The lowest BCUT2D eigenvalue weighted by Crippen LogP contribution is -2.27. The average molecular weight is 174 g/mol. The SMILES string of the molecule is CCCOCCCN(C)CCN. The molecule has 3 heteroatoms. The van der Waals surface area contributed by atoms with E-state index in [2.05, 4.69) is 18.9 Å². The molecule has 2 N–H and O–H groups in total. The molecule has 0 heterocycles. The summed E-state index contributed by atoms with van der Waals surface area (Å²) in [5, 5.41) is 0. The fourth-order valence-electron chi connectivity index (χ4n) is 1.02. The normalized spacial score (nSPS) is 11.0. The molecule has 74 valence electrons. The number of rotatable bonds is 8. The smallest absolute Gasteiger partial charge is 0.0478 e. The Balaban J connectivity index is 2.97. The fourth-order valence-corrected chi connectivity index (χ4v) is 1.02. The summed E-state index contributed by atoms with van der Waals surface area (Å²) >= 11 is 0. The van der Waals surface area contributed by atoms with Crippen molar-refractivity contribution in [2.75, 3.05) is 39.9 Å². The summed E-state index contributed by atoms with van der Waals surface area (Å²) in [4.78, 5) is 2.23. The Labute approximate surface area is 75.9 Å². The highest BCUT2D eigenvalue weighted by Crippen LogP contribution is 1.88. The Bertz CT molecular complexity index is 88.6. The highest BCUT2D eigenvalue weighted by molar-refractivity contribution is 4.50. The highest BCUT2D eigenvalue weighted by atomic mass is 16.5. The molecule has 0 bridgehead atoms. The second-order valence-corrected chi connectivity index (χ2v) is 3.06. The van der Waals surface area contributed by atoms with Gasteiger partial charge in [0.1, 0.15) is 0 Å². The molecule has 12 heavy (non-hydrogen) atoms. The molecule has 0 saturated carbocycles. The van der Waals surface area contributed by atoms with E-state index in [1.807, 2.05) is 0 Å². The second kappa shape index (κ2) is 8.97. The van der Waals surface area contributed by atoms with Gasteiger partial charge in [-0.3, -0.25) is 0 Å². The van der Waals surface area contributed by atoms with Gasteiger partial charge in [-0.1, -0.05) is 6.92 Å². The summed E-state index contributed by atoms with van der Waals surface area (Å²) in [7, 11) is 2.09. The van der Waals surface area contributed by atoms with Crippen LogP contribution in [0.2, 0.25) is 0 Å². The van der Waals surface area contributed by atoms with Crippen molar-refractivity contribution in [1.82, 2.24) is 4.90 Å². The molecule has 0 aromatic rings. The Kier molecular flexibility index (Phi) is 8.88. The minimum atomic E-state index is 0.742. The number of ether oxygens (including phenoxy) is 1. The van der Waals surface area contributed by atoms with Crippen molar-refractivity contribution in [3.8, 4) is 0 Å². The van der Waals surface area contributed by atoms with Gasteiger partial charge >= 0.3 is 0 Å². The Morgan fingerprint density at radius 3 is 2.58 bits per heavy atom. The van der Waals surface area contributed by atoms with Crippen LogP contribution in [0.4, 0.5) is 0 Å². The summed E-state index contributed by atoms with van der Waals surface area (Å²) in [5.74, 6) is 0. The van der Waals surface area contributed by atoms with Gasteiger partial charge in [0, 0.05) is 32.8 Å². The second-order valence-electron chi connectivity index (χ2n) is 3.06. The van der Waals surface area contributed by atoms with Gasteiger partial charge in [-0.15, -0.1) is 0 Å². The molecule has 0 aliphatic rings. The maximum Gasteiger partial charge on any atom is 0.0478 e. The first kappa shape index (κ1) is 11.9. The molecular formula is C9H22N2O. The number of nitrogens with zero attached hydrogens (tertiary/aromatic N) is 1. The monoisotopic (exact) mass is 174 g/mol. The molecule has 0 unspecified atom stereocenters. The maximum atomic E-state index is 5.41. The molecule has 0 rings (SSSR count). The summed E-state index contributed by atoms with van der Waals surface area (Å²) in [6.45, 7) is 6.70. The Morgan fingerprint density at radius 2 is 2.00 bits per heavy atom. The van der Waals surface area contributed by atoms with Gasteiger partial charge in [0.2, 0.25) is 0 Å². The van der Waals surface area contributed by atoms with Gasteiger partial charge in [-0.2, -0.15) is 0 Å². The predicted molar refractivity (Wildman–Crippen MR) is 52.3 cm³/mol. The van der Waals surface area contributed by atoms with Crippen LogP contribution in [0.5, 0.6) is 0 Å². The van der Waals surface area contributed by atoms with Crippen molar-refractivity contribution in [2.24, 2.45) is 5.73 Å². The van der Waals surface area contributed by atoms with Gasteiger partial charge in [-0.25, -0.2) is 0 Å². The average Bonchev–Trinajstić information content (AvgIpc) is 2.05. The number of hydrogen-bond donors (Lipinski definition) is 1. The van der Waals surface area contributed by atoms with Crippen LogP contribution in [0.15, 0.2) is 0 Å². The van der Waals surface area contributed by atoms with Crippen molar-refractivity contribution < 1.29 is 4.74 Å². The minimum absolute atomic E-state index is 0.742. The van der Waals surface area contributed by atoms with Crippen LogP contribution in [0.1, 0.15) is 19.8 Å². The van der Waals surface area contributed by atoms with Gasteiger partial charge in [0.15, 0.2) is 0 Å². The van der Waals surface area contributed by atoms with Gasteiger partial charge < -0.3 is 15.4 Å². The molecule has 0 spiro atoms. The lowest BCUT2D eigenvalue weighted by Gasteiger charge is -2.14. The van der Waals surface area contributed by atoms with Crippen molar-refractivity contribution in [3.05, 3.63) is 0 Å². The van der Waals surface area contributed by atoms with Crippen molar-refractivity contribution in [1.29, 1.82) is 0 Å². The molecule has 3 nitrogen and oxygen atoms in total. The number of likely N-dealkylation sites (N-methyl/N-ethyl adjacent to an activating group) is 1. The van der Waals surface area contributed by atoms with Crippen LogP contribution in [0, 0.1) is 0 Å². The quantitative estimate of drug-likeness (QED) is 0.550. The van der Waals surface area contributed by atoms with Gasteiger partial charge in [0.25, 0.3) is 0 Å². The van der Waals surface area contributed by atoms with Crippen LogP contribution in [-0.4, -0.2) is 44.8 Å². The van der Waals surface area contributed by atoms with Crippen LogP contribution in [0.3, 0.4) is 0 Å². The predicted octanol–water partition coefficient (Wildman–Crippen LogP) is 0.694. The standard InChI is InChI=1S/C9H22N2O/c1-3-8-12-9-4-6-11(2)7-5-10/h3-10H2,1-2H3. The van der Waals surface area contributed by atoms with Crippen LogP contribution >= 0.6 is 0 Å². The molecule has 0 atom stereocenters. The van der Waals surface area contributed by atoms with Gasteiger partial charge in [0.05, 0.1) is 0 Å². The van der Waals surface area contributed by atoms with E-state index in [1.54, 1.807) is 0 Å². The molecule has 0 fully saturated rings. The minimum Gasteiger partial charge on any atom is -0.381 e. The lowest BCUT2D eigenvalue weighted by atomic mass is 10.4. The number of nitrogens with two attached hydrogens (primary N) is 1. The van der Waals surface area contributed by atoms with E-state index in [0.29, 0.717) is 0 Å². The first-order valence-electron chi connectivity index (χ1n) is 4.77. The van der Waals surface area contributed by atoms with Crippen LogP contribution in [0.25, 0.3) is 0 Å². The van der Waals surface area contributed by atoms with E-state index in [0.717, 1.165) is 45.7 Å². The summed E-state index contributed by atoms with van der Waals surface area (Å²) in [6, 6.07) is 0.